The highest BCUT2D eigenvalue weighted by Crippen LogP contribution is 2.02. The first-order chi connectivity index (χ1) is 6.33. The van der Waals surface area contributed by atoms with Crippen LogP contribution in [0.25, 0.3) is 0 Å². The van der Waals surface area contributed by atoms with Gasteiger partial charge < -0.3 is 4.84 Å². The maximum absolute atomic E-state index is 5.12. The lowest BCUT2D eigenvalue weighted by molar-refractivity contribution is 0.0290. The lowest BCUT2D eigenvalue weighted by Crippen LogP contribution is -2.28. The van der Waals surface area contributed by atoms with Crippen LogP contribution in [-0.4, -0.2) is 12.6 Å². The Morgan fingerprint density at radius 3 is 2.62 bits per heavy atom. The molecule has 0 aliphatic rings. The maximum Gasteiger partial charge on any atom is 0.0654 e. The van der Waals surface area contributed by atoms with Crippen molar-refractivity contribution in [3.05, 3.63) is 35.9 Å². The Labute approximate surface area is 79.9 Å². The number of hydrogen-bond donors (Lipinski definition) is 1. The van der Waals surface area contributed by atoms with E-state index in [0.717, 1.165) is 6.42 Å². The normalized spacial score (nSPS) is 12.8. The SMILES string of the molecule is CCONC(C)Cc1ccccc1. The van der Waals surface area contributed by atoms with Gasteiger partial charge in [0.2, 0.25) is 0 Å². The van der Waals surface area contributed by atoms with Gasteiger partial charge in [0.25, 0.3) is 0 Å². The van der Waals surface area contributed by atoms with E-state index in [1.165, 1.54) is 5.56 Å². The van der Waals surface area contributed by atoms with Gasteiger partial charge in [0.1, 0.15) is 0 Å². The number of hydroxylamine groups is 1. The smallest absolute Gasteiger partial charge is 0.0654 e. The lowest BCUT2D eigenvalue weighted by atomic mass is 10.1. The van der Waals surface area contributed by atoms with E-state index in [1.807, 2.05) is 13.0 Å². The van der Waals surface area contributed by atoms with Crippen LogP contribution < -0.4 is 5.48 Å². The van der Waals surface area contributed by atoms with E-state index in [9.17, 15) is 0 Å². The van der Waals surface area contributed by atoms with Crippen LogP contribution in [0.3, 0.4) is 0 Å². The van der Waals surface area contributed by atoms with Crippen molar-refractivity contribution in [2.45, 2.75) is 26.3 Å². The molecular formula is C11H17NO. The summed E-state index contributed by atoms with van der Waals surface area (Å²) in [5, 5.41) is 0. The van der Waals surface area contributed by atoms with Gasteiger partial charge in [0.05, 0.1) is 6.61 Å². The Morgan fingerprint density at radius 1 is 1.31 bits per heavy atom. The molecule has 0 amide bonds. The summed E-state index contributed by atoms with van der Waals surface area (Å²) in [4.78, 5) is 5.12. The number of hydrogen-bond acceptors (Lipinski definition) is 2. The van der Waals surface area contributed by atoms with Gasteiger partial charge in [-0.3, -0.25) is 0 Å². The fourth-order valence-corrected chi connectivity index (χ4v) is 1.23. The second-order valence-electron chi connectivity index (χ2n) is 3.14. The van der Waals surface area contributed by atoms with Crippen molar-refractivity contribution < 1.29 is 4.84 Å². The van der Waals surface area contributed by atoms with Crippen molar-refractivity contribution in [3.8, 4) is 0 Å². The van der Waals surface area contributed by atoms with Gasteiger partial charge in [-0.1, -0.05) is 30.3 Å². The molecule has 0 bridgehead atoms. The molecule has 1 aromatic rings. The molecule has 72 valence electrons. The van der Waals surface area contributed by atoms with Gasteiger partial charge in [0.15, 0.2) is 0 Å². The Morgan fingerprint density at radius 2 is 2.00 bits per heavy atom. The molecule has 2 nitrogen and oxygen atoms in total. The average molecular weight is 179 g/mol. The van der Waals surface area contributed by atoms with Crippen molar-refractivity contribution in [3.63, 3.8) is 0 Å². The first-order valence-corrected chi connectivity index (χ1v) is 4.74. The lowest BCUT2D eigenvalue weighted by Gasteiger charge is -2.12. The highest BCUT2D eigenvalue weighted by Gasteiger charge is 2.01. The summed E-state index contributed by atoms with van der Waals surface area (Å²) in [6.45, 7) is 4.80. The first kappa shape index (κ1) is 10.2. The molecule has 0 aliphatic heterocycles. The van der Waals surface area contributed by atoms with E-state index in [-0.39, 0.29) is 0 Å². The molecule has 0 saturated heterocycles. The summed E-state index contributed by atoms with van der Waals surface area (Å²) in [5.41, 5.74) is 4.32. The molecule has 0 spiro atoms. The molecule has 0 heterocycles. The van der Waals surface area contributed by atoms with Gasteiger partial charge in [0, 0.05) is 6.04 Å². The largest absolute Gasteiger partial charge is 0.302 e. The van der Waals surface area contributed by atoms with Crippen LogP contribution in [-0.2, 0) is 11.3 Å². The molecule has 1 unspecified atom stereocenters. The van der Waals surface area contributed by atoms with Gasteiger partial charge >= 0.3 is 0 Å². The third kappa shape index (κ3) is 4.06. The summed E-state index contributed by atoms with van der Waals surface area (Å²) in [5.74, 6) is 0. The van der Waals surface area contributed by atoms with E-state index >= 15 is 0 Å². The van der Waals surface area contributed by atoms with Crippen molar-refractivity contribution in [2.24, 2.45) is 0 Å². The Hall–Kier alpha value is -0.860. The standard InChI is InChI=1S/C11H17NO/c1-3-13-12-10(2)9-11-7-5-4-6-8-11/h4-8,10,12H,3,9H2,1-2H3. The summed E-state index contributed by atoms with van der Waals surface area (Å²) >= 11 is 0. The predicted molar refractivity (Wildman–Crippen MR) is 54.4 cm³/mol. The van der Waals surface area contributed by atoms with Crippen LogP contribution in [0, 0.1) is 0 Å². The monoisotopic (exact) mass is 179 g/mol. The summed E-state index contributed by atoms with van der Waals surface area (Å²) in [6, 6.07) is 10.8. The van der Waals surface area contributed by atoms with Crippen molar-refractivity contribution in [2.75, 3.05) is 6.61 Å². The zero-order chi connectivity index (χ0) is 9.52. The summed E-state index contributed by atoms with van der Waals surface area (Å²) in [7, 11) is 0. The minimum absolute atomic E-state index is 0.363. The molecular weight excluding hydrogens is 162 g/mol. The van der Waals surface area contributed by atoms with Crippen LogP contribution in [0.1, 0.15) is 19.4 Å². The Bertz CT molecular complexity index is 223. The minimum atomic E-state index is 0.363. The van der Waals surface area contributed by atoms with Crippen LogP contribution in [0.2, 0.25) is 0 Å². The van der Waals surface area contributed by atoms with Crippen LogP contribution in [0.4, 0.5) is 0 Å². The molecule has 0 saturated carbocycles. The molecule has 0 aliphatic carbocycles. The highest BCUT2D eigenvalue weighted by atomic mass is 16.6. The molecule has 1 rings (SSSR count). The van der Waals surface area contributed by atoms with Gasteiger partial charge in [-0.2, -0.15) is 5.48 Å². The third-order valence-corrected chi connectivity index (χ3v) is 1.81. The first-order valence-electron chi connectivity index (χ1n) is 4.74. The van der Waals surface area contributed by atoms with Crippen molar-refractivity contribution >= 4 is 0 Å². The number of benzene rings is 1. The van der Waals surface area contributed by atoms with E-state index in [2.05, 4.69) is 36.7 Å². The van der Waals surface area contributed by atoms with Crippen LogP contribution >= 0.6 is 0 Å². The molecule has 1 atom stereocenters. The van der Waals surface area contributed by atoms with Crippen molar-refractivity contribution in [1.82, 2.24) is 5.48 Å². The molecule has 0 fully saturated rings. The zero-order valence-electron chi connectivity index (χ0n) is 8.29. The van der Waals surface area contributed by atoms with E-state index < -0.39 is 0 Å². The third-order valence-electron chi connectivity index (χ3n) is 1.81. The Kier molecular flexibility index (Phi) is 4.50. The van der Waals surface area contributed by atoms with Crippen LogP contribution in [0.5, 0.6) is 0 Å². The number of rotatable bonds is 5. The molecule has 1 aromatic carbocycles. The fourth-order valence-electron chi connectivity index (χ4n) is 1.23. The number of nitrogens with one attached hydrogen (secondary N) is 1. The van der Waals surface area contributed by atoms with E-state index in [1.54, 1.807) is 0 Å². The molecule has 0 radical (unpaired) electrons. The minimum Gasteiger partial charge on any atom is -0.302 e. The highest BCUT2D eigenvalue weighted by molar-refractivity contribution is 5.15. The van der Waals surface area contributed by atoms with Crippen molar-refractivity contribution in [1.29, 1.82) is 0 Å². The zero-order valence-corrected chi connectivity index (χ0v) is 8.29. The summed E-state index contributed by atoms with van der Waals surface area (Å²) in [6.07, 6.45) is 1.00. The molecule has 2 heteroatoms. The predicted octanol–water partition coefficient (Wildman–Crippen LogP) is 2.16. The van der Waals surface area contributed by atoms with E-state index in [4.69, 9.17) is 4.84 Å². The van der Waals surface area contributed by atoms with Crippen LogP contribution in [0.15, 0.2) is 30.3 Å². The second-order valence-corrected chi connectivity index (χ2v) is 3.14. The quantitative estimate of drug-likeness (QED) is 0.699. The van der Waals surface area contributed by atoms with E-state index in [0.29, 0.717) is 12.6 Å². The summed E-state index contributed by atoms with van der Waals surface area (Å²) < 4.78 is 0. The fraction of sp³-hybridized carbons (Fsp3) is 0.455. The van der Waals surface area contributed by atoms with Gasteiger partial charge in [-0.25, -0.2) is 0 Å². The molecule has 13 heavy (non-hydrogen) atoms. The Balaban J connectivity index is 2.32. The van der Waals surface area contributed by atoms with Gasteiger partial charge in [-0.15, -0.1) is 0 Å². The molecule has 1 N–H and O–H groups in total. The second kappa shape index (κ2) is 5.73. The average Bonchev–Trinajstić information content (AvgIpc) is 2.16. The van der Waals surface area contributed by atoms with Gasteiger partial charge in [-0.05, 0) is 25.8 Å². The topological polar surface area (TPSA) is 21.3 Å². The molecule has 0 aromatic heterocycles. The maximum atomic E-state index is 5.12.